The summed E-state index contributed by atoms with van der Waals surface area (Å²) in [4.78, 5) is 6.92. The summed E-state index contributed by atoms with van der Waals surface area (Å²) in [6.45, 7) is 4.06. The van der Waals surface area contributed by atoms with Crippen molar-refractivity contribution in [3.63, 3.8) is 0 Å². The fourth-order valence-corrected chi connectivity index (χ4v) is 2.40. The molecule has 0 unspecified atom stereocenters. The number of thiophene rings is 1. The molecule has 0 saturated carbocycles. The van der Waals surface area contributed by atoms with Crippen molar-refractivity contribution >= 4 is 11.3 Å². The van der Waals surface area contributed by atoms with Crippen LogP contribution in [0.2, 0.25) is 0 Å². The first-order chi connectivity index (χ1) is 7.88. The van der Waals surface area contributed by atoms with Gasteiger partial charge in [0.2, 0.25) is 0 Å². The predicted octanol–water partition coefficient (Wildman–Crippen LogP) is 1.76. The van der Waals surface area contributed by atoms with Gasteiger partial charge >= 0.3 is 0 Å². The lowest BCUT2D eigenvalue weighted by Crippen LogP contribution is -2.16. The summed E-state index contributed by atoms with van der Waals surface area (Å²) in [5, 5.41) is 10.1. The number of H-pyrrole nitrogens is 1. The van der Waals surface area contributed by atoms with E-state index in [4.69, 9.17) is 0 Å². The van der Waals surface area contributed by atoms with Crippen LogP contribution in [0, 0.1) is 0 Å². The van der Waals surface area contributed by atoms with Crippen molar-refractivity contribution in [2.75, 3.05) is 6.54 Å². The van der Waals surface area contributed by atoms with Gasteiger partial charge in [0, 0.05) is 29.3 Å². The van der Waals surface area contributed by atoms with Gasteiger partial charge in [-0.05, 0) is 18.6 Å². The van der Waals surface area contributed by atoms with Crippen molar-refractivity contribution in [3.05, 3.63) is 34.0 Å². The summed E-state index contributed by atoms with van der Waals surface area (Å²) in [5.41, 5.74) is 0. The van der Waals surface area contributed by atoms with Crippen molar-refractivity contribution < 1.29 is 0 Å². The maximum Gasteiger partial charge on any atom is 0.137 e. The molecule has 2 N–H and O–H groups in total. The number of hydrogen-bond donors (Lipinski definition) is 2. The highest BCUT2D eigenvalue weighted by Gasteiger charge is 1.99. The molecule has 0 amide bonds. The number of rotatable bonds is 6. The average Bonchev–Trinajstić information content (AvgIpc) is 2.95. The molecule has 2 aromatic rings. The van der Waals surface area contributed by atoms with E-state index in [9.17, 15) is 0 Å². The molecule has 0 aromatic carbocycles. The van der Waals surface area contributed by atoms with Gasteiger partial charge in [-0.3, -0.25) is 5.10 Å². The molecule has 0 bridgehead atoms. The number of nitrogens with one attached hydrogen (secondary N) is 2. The van der Waals surface area contributed by atoms with E-state index in [-0.39, 0.29) is 0 Å². The Morgan fingerprint density at radius 1 is 1.38 bits per heavy atom. The van der Waals surface area contributed by atoms with E-state index in [1.807, 2.05) is 11.3 Å². The Kier molecular flexibility index (Phi) is 4.07. The van der Waals surface area contributed by atoms with Crippen LogP contribution < -0.4 is 5.32 Å². The molecule has 0 fully saturated rings. The van der Waals surface area contributed by atoms with E-state index in [0.29, 0.717) is 0 Å². The number of nitrogens with zero attached hydrogens (tertiary/aromatic N) is 2. The SMILES string of the molecule is CCc1ccc(CNCCc2ncn[nH]2)s1. The van der Waals surface area contributed by atoms with Gasteiger partial charge in [0.15, 0.2) is 0 Å². The highest BCUT2D eigenvalue weighted by molar-refractivity contribution is 7.11. The molecule has 0 aliphatic heterocycles. The third-order valence-corrected chi connectivity index (χ3v) is 3.60. The van der Waals surface area contributed by atoms with Crippen LogP contribution in [0.3, 0.4) is 0 Å². The van der Waals surface area contributed by atoms with Gasteiger partial charge < -0.3 is 5.32 Å². The smallest absolute Gasteiger partial charge is 0.137 e. The topological polar surface area (TPSA) is 53.6 Å². The lowest BCUT2D eigenvalue weighted by molar-refractivity contribution is 0.677. The van der Waals surface area contributed by atoms with Crippen LogP contribution in [0.15, 0.2) is 18.5 Å². The molecule has 2 rings (SSSR count). The van der Waals surface area contributed by atoms with Crippen molar-refractivity contribution in [2.45, 2.75) is 26.3 Å². The van der Waals surface area contributed by atoms with Gasteiger partial charge in [-0.25, -0.2) is 4.98 Å². The minimum atomic E-state index is 0.895. The van der Waals surface area contributed by atoms with Gasteiger partial charge in [0.25, 0.3) is 0 Å². The monoisotopic (exact) mass is 236 g/mol. The molecule has 0 atom stereocenters. The normalized spacial score (nSPS) is 10.8. The minimum absolute atomic E-state index is 0.895. The summed E-state index contributed by atoms with van der Waals surface area (Å²) in [6.07, 6.45) is 3.57. The van der Waals surface area contributed by atoms with Crippen molar-refractivity contribution in [2.24, 2.45) is 0 Å². The number of aryl methyl sites for hydroxylation is 1. The van der Waals surface area contributed by atoms with Crippen LogP contribution in [-0.2, 0) is 19.4 Å². The zero-order chi connectivity index (χ0) is 11.2. The van der Waals surface area contributed by atoms with Gasteiger partial charge in [0.1, 0.15) is 12.2 Å². The second kappa shape index (κ2) is 5.77. The molecule has 0 spiro atoms. The molecule has 0 saturated heterocycles. The molecule has 16 heavy (non-hydrogen) atoms. The molecule has 2 aromatic heterocycles. The Morgan fingerprint density at radius 3 is 2.94 bits per heavy atom. The third kappa shape index (κ3) is 3.15. The summed E-state index contributed by atoms with van der Waals surface area (Å²) in [7, 11) is 0. The van der Waals surface area contributed by atoms with Crippen LogP contribution >= 0.6 is 11.3 Å². The maximum atomic E-state index is 4.07. The number of hydrogen-bond acceptors (Lipinski definition) is 4. The van der Waals surface area contributed by atoms with E-state index in [1.54, 1.807) is 6.33 Å². The van der Waals surface area contributed by atoms with E-state index < -0.39 is 0 Å². The zero-order valence-corrected chi connectivity index (χ0v) is 10.2. The van der Waals surface area contributed by atoms with E-state index in [2.05, 4.69) is 39.6 Å². The minimum Gasteiger partial charge on any atom is -0.311 e. The van der Waals surface area contributed by atoms with Crippen molar-refractivity contribution in [1.29, 1.82) is 0 Å². The lowest BCUT2D eigenvalue weighted by Gasteiger charge is -2.00. The fraction of sp³-hybridized carbons (Fsp3) is 0.455. The zero-order valence-electron chi connectivity index (χ0n) is 9.36. The maximum absolute atomic E-state index is 4.07. The number of aromatic nitrogens is 3. The van der Waals surface area contributed by atoms with E-state index >= 15 is 0 Å². The first-order valence-electron chi connectivity index (χ1n) is 5.51. The van der Waals surface area contributed by atoms with Crippen LogP contribution in [0.1, 0.15) is 22.5 Å². The average molecular weight is 236 g/mol. The van der Waals surface area contributed by atoms with Crippen LogP contribution in [0.4, 0.5) is 0 Å². The van der Waals surface area contributed by atoms with Crippen molar-refractivity contribution in [1.82, 2.24) is 20.5 Å². The van der Waals surface area contributed by atoms with Crippen LogP contribution in [0.5, 0.6) is 0 Å². The molecule has 2 heterocycles. The van der Waals surface area contributed by atoms with E-state index in [1.165, 1.54) is 9.75 Å². The first kappa shape index (κ1) is 11.3. The molecule has 0 radical (unpaired) electrons. The third-order valence-electron chi connectivity index (χ3n) is 2.37. The Hall–Kier alpha value is -1.20. The predicted molar refractivity (Wildman–Crippen MR) is 65.5 cm³/mol. The molecule has 4 nitrogen and oxygen atoms in total. The molecule has 5 heteroatoms. The van der Waals surface area contributed by atoms with Gasteiger partial charge in [-0.1, -0.05) is 6.92 Å². The quantitative estimate of drug-likeness (QED) is 0.751. The summed E-state index contributed by atoms with van der Waals surface area (Å²) in [5.74, 6) is 0.938. The van der Waals surface area contributed by atoms with Gasteiger partial charge in [0.05, 0.1) is 0 Å². The molecular weight excluding hydrogens is 220 g/mol. The van der Waals surface area contributed by atoms with Crippen LogP contribution in [0.25, 0.3) is 0 Å². The summed E-state index contributed by atoms with van der Waals surface area (Å²) in [6, 6.07) is 4.41. The summed E-state index contributed by atoms with van der Waals surface area (Å²) < 4.78 is 0. The van der Waals surface area contributed by atoms with Gasteiger partial charge in [-0.15, -0.1) is 11.3 Å². The molecule has 0 aliphatic rings. The lowest BCUT2D eigenvalue weighted by atomic mass is 10.3. The number of aromatic amines is 1. The Labute approximate surface area is 99.1 Å². The Bertz CT molecular complexity index is 407. The fourth-order valence-electron chi connectivity index (χ4n) is 1.48. The highest BCUT2D eigenvalue weighted by atomic mass is 32.1. The molecule has 0 aliphatic carbocycles. The van der Waals surface area contributed by atoms with Crippen molar-refractivity contribution in [3.8, 4) is 0 Å². The second-order valence-corrected chi connectivity index (χ2v) is 4.83. The molecule has 86 valence electrons. The highest BCUT2D eigenvalue weighted by Crippen LogP contribution is 2.16. The Balaban J connectivity index is 1.68. The largest absolute Gasteiger partial charge is 0.311 e. The standard InChI is InChI=1S/C11H16N4S/c1-2-9-3-4-10(16-9)7-12-6-5-11-13-8-14-15-11/h3-4,8,12H,2,5-7H2,1H3,(H,13,14,15). The first-order valence-corrected chi connectivity index (χ1v) is 6.32. The summed E-state index contributed by atoms with van der Waals surface area (Å²) >= 11 is 1.88. The molecular formula is C11H16N4S. The Morgan fingerprint density at radius 2 is 2.25 bits per heavy atom. The van der Waals surface area contributed by atoms with Crippen LogP contribution in [-0.4, -0.2) is 21.7 Å². The van der Waals surface area contributed by atoms with Gasteiger partial charge in [-0.2, -0.15) is 5.10 Å². The second-order valence-electron chi connectivity index (χ2n) is 3.58. The van der Waals surface area contributed by atoms with E-state index in [0.717, 1.165) is 31.8 Å².